The predicted molar refractivity (Wildman–Crippen MR) is 98.9 cm³/mol. The van der Waals surface area contributed by atoms with E-state index in [0.717, 1.165) is 42.2 Å². The maximum atomic E-state index is 14.9. The van der Waals surface area contributed by atoms with Crippen molar-refractivity contribution in [2.45, 2.75) is 32.4 Å². The molecule has 0 aliphatic carbocycles. The van der Waals surface area contributed by atoms with Crippen LogP contribution in [0.5, 0.6) is 5.75 Å². The lowest BCUT2D eigenvalue weighted by Gasteiger charge is -2.35. The molecule has 1 atom stereocenters. The molecule has 6 nitrogen and oxygen atoms in total. The number of methoxy groups -OCH3 is 1. The third kappa shape index (κ3) is 3.42. The van der Waals surface area contributed by atoms with Crippen molar-refractivity contribution in [1.82, 2.24) is 24.8 Å². The third-order valence-corrected chi connectivity index (χ3v) is 4.99. The standard InChI is InChI=1S/C20H22FN5O/c1-3-18-22-9-13(10-23-18)11-26-7-6-17-19(25-12-24-17)20(26)15-5-4-14(27-2)8-16(15)21/h4-5,8-10,12,20H,3,6-7,11H2,1-2H3,(H,24,25)/t20-/m1/s1. The van der Waals surface area contributed by atoms with Crippen LogP contribution in [0.2, 0.25) is 0 Å². The molecular weight excluding hydrogens is 345 g/mol. The molecule has 0 bridgehead atoms. The lowest BCUT2D eigenvalue weighted by Crippen LogP contribution is -2.36. The van der Waals surface area contributed by atoms with Gasteiger partial charge in [0.1, 0.15) is 17.4 Å². The quantitative estimate of drug-likeness (QED) is 0.751. The van der Waals surface area contributed by atoms with Crippen molar-refractivity contribution in [3.05, 3.63) is 71.1 Å². The van der Waals surface area contributed by atoms with Gasteiger partial charge in [0, 0.05) is 61.2 Å². The van der Waals surface area contributed by atoms with E-state index in [1.807, 2.05) is 19.3 Å². The van der Waals surface area contributed by atoms with Gasteiger partial charge in [-0.25, -0.2) is 19.3 Å². The number of ether oxygens (including phenoxy) is 1. The molecule has 3 aromatic rings. The molecule has 1 aliphatic rings. The van der Waals surface area contributed by atoms with Gasteiger partial charge in [0.15, 0.2) is 0 Å². The molecule has 0 unspecified atom stereocenters. The van der Waals surface area contributed by atoms with E-state index >= 15 is 0 Å². The maximum absolute atomic E-state index is 14.9. The van der Waals surface area contributed by atoms with E-state index in [2.05, 4.69) is 24.8 Å². The number of rotatable bonds is 5. The first-order chi connectivity index (χ1) is 13.2. The van der Waals surface area contributed by atoms with Crippen LogP contribution >= 0.6 is 0 Å². The van der Waals surface area contributed by atoms with E-state index in [9.17, 15) is 4.39 Å². The van der Waals surface area contributed by atoms with Gasteiger partial charge in [-0.3, -0.25) is 4.90 Å². The Bertz CT molecular complexity index is 924. The molecule has 2 aromatic heterocycles. The fourth-order valence-electron chi connectivity index (χ4n) is 3.58. The van der Waals surface area contributed by atoms with Gasteiger partial charge in [-0.2, -0.15) is 0 Å². The molecule has 1 aliphatic heterocycles. The van der Waals surface area contributed by atoms with Crippen LogP contribution in [0, 0.1) is 5.82 Å². The Morgan fingerprint density at radius 1 is 1.26 bits per heavy atom. The number of hydrogen-bond donors (Lipinski definition) is 1. The first-order valence-corrected chi connectivity index (χ1v) is 9.09. The van der Waals surface area contributed by atoms with Crippen molar-refractivity contribution in [2.24, 2.45) is 0 Å². The molecule has 4 rings (SSSR count). The van der Waals surface area contributed by atoms with Gasteiger partial charge in [0.25, 0.3) is 0 Å². The van der Waals surface area contributed by atoms with Crippen LogP contribution < -0.4 is 4.74 Å². The largest absolute Gasteiger partial charge is 0.497 e. The first-order valence-electron chi connectivity index (χ1n) is 9.09. The molecule has 0 fully saturated rings. The summed E-state index contributed by atoms with van der Waals surface area (Å²) in [6.07, 6.45) is 7.04. The van der Waals surface area contributed by atoms with Gasteiger partial charge in [-0.05, 0) is 6.07 Å². The summed E-state index contributed by atoms with van der Waals surface area (Å²) < 4.78 is 20.0. The van der Waals surface area contributed by atoms with E-state index < -0.39 is 0 Å². The third-order valence-electron chi connectivity index (χ3n) is 4.99. The number of hydrogen-bond acceptors (Lipinski definition) is 5. The summed E-state index contributed by atoms with van der Waals surface area (Å²) in [5.74, 6) is 1.03. The summed E-state index contributed by atoms with van der Waals surface area (Å²) in [5.41, 5.74) is 3.53. The molecule has 140 valence electrons. The number of fused-ring (bicyclic) bond motifs is 1. The number of H-pyrrole nitrogens is 1. The average Bonchev–Trinajstić information content (AvgIpc) is 3.17. The molecule has 1 N–H and O–H groups in total. The minimum absolute atomic E-state index is 0.267. The lowest BCUT2D eigenvalue weighted by molar-refractivity contribution is 0.196. The molecule has 0 radical (unpaired) electrons. The normalized spacial score (nSPS) is 16.9. The Balaban J connectivity index is 1.69. The number of aromatic amines is 1. The van der Waals surface area contributed by atoms with Crippen molar-refractivity contribution in [2.75, 3.05) is 13.7 Å². The summed E-state index contributed by atoms with van der Waals surface area (Å²) in [4.78, 5) is 18.7. The van der Waals surface area contributed by atoms with Crippen molar-refractivity contribution >= 4 is 0 Å². The SMILES string of the molecule is CCc1ncc(CN2CCc3[nH]cnc3[C@H]2c2ccc(OC)cc2F)cn1. The van der Waals surface area contributed by atoms with E-state index in [1.165, 1.54) is 13.2 Å². The van der Waals surface area contributed by atoms with Crippen molar-refractivity contribution in [3.63, 3.8) is 0 Å². The summed E-state index contributed by atoms with van der Waals surface area (Å²) in [6.45, 7) is 3.45. The number of imidazole rings is 1. The minimum Gasteiger partial charge on any atom is -0.497 e. The highest BCUT2D eigenvalue weighted by atomic mass is 19.1. The van der Waals surface area contributed by atoms with Crippen LogP contribution in [0.25, 0.3) is 0 Å². The molecule has 3 heterocycles. The van der Waals surface area contributed by atoms with Gasteiger partial charge in [-0.1, -0.05) is 13.0 Å². The number of benzene rings is 1. The summed E-state index contributed by atoms with van der Waals surface area (Å²) >= 11 is 0. The van der Waals surface area contributed by atoms with Crippen LogP contribution in [0.3, 0.4) is 0 Å². The van der Waals surface area contributed by atoms with E-state index in [1.54, 1.807) is 18.5 Å². The molecule has 0 saturated heterocycles. The Hall–Kier alpha value is -2.80. The Labute approximate surface area is 157 Å². The number of halogens is 1. The number of nitrogens with one attached hydrogen (secondary N) is 1. The monoisotopic (exact) mass is 367 g/mol. The molecule has 7 heteroatoms. The zero-order valence-corrected chi connectivity index (χ0v) is 15.4. The van der Waals surface area contributed by atoms with Gasteiger partial charge in [0.2, 0.25) is 0 Å². The van der Waals surface area contributed by atoms with E-state index in [-0.39, 0.29) is 11.9 Å². The second-order valence-corrected chi connectivity index (χ2v) is 6.64. The van der Waals surface area contributed by atoms with Gasteiger partial charge < -0.3 is 9.72 Å². The Kier molecular flexibility index (Phi) is 4.85. The first kappa shape index (κ1) is 17.6. The Morgan fingerprint density at radius 3 is 2.78 bits per heavy atom. The second-order valence-electron chi connectivity index (χ2n) is 6.64. The summed E-state index contributed by atoms with van der Waals surface area (Å²) in [6, 6.07) is 4.73. The van der Waals surface area contributed by atoms with E-state index in [0.29, 0.717) is 17.9 Å². The van der Waals surface area contributed by atoms with Crippen LogP contribution in [-0.4, -0.2) is 38.5 Å². The molecule has 27 heavy (non-hydrogen) atoms. The zero-order valence-electron chi connectivity index (χ0n) is 15.4. The molecule has 0 spiro atoms. The fourth-order valence-corrected chi connectivity index (χ4v) is 3.58. The molecule has 0 amide bonds. The van der Waals surface area contributed by atoms with Crippen molar-refractivity contribution in [3.8, 4) is 5.75 Å². The number of aromatic nitrogens is 4. The van der Waals surface area contributed by atoms with Crippen LogP contribution in [0.15, 0.2) is 36.9 Å². The van der Waals surface area contributed by atoms with Crippen LogP contribution in [-0.2, 0) is 19.4 Å². The number of aryl methyl sites for hydroxylation is 1. The molecule has 1 aromatic carbocycles. The molecular formula is C20H22FN5O. The Morgan fingerprint density at radius 2 is 2.07 bits per heavy atom. The highest BCUT2D eigenvalue weighted by molar-refractivity contribution is 5.37. The summed E-state index contributed by atoms with van der Waals surface area (Å²) in [5, 5.41) is 0. The minimum atomic E-state index is -0.294. The number of nitrogens with zero attached hydrogens (tertiary/aromatic N) is 4. The second kappa shape index (κ2) is 7.44. The summed E-state index contributed by atoms with van der Waals surface area (Å²) in [7, 11) is 1.53. The van der Waals surface area contributed by atoms with Gasteiger partial charge in [0.05, 0.1) is 25.2 Å². The average molecular weight is 367 g/mol. The maximum Gasteiger partial charge on any atom is 0.132 e. The fraction of sp³-hybridized carbons (Fsp3) is 0.350. The highest BCUT2D eigenvalue weighted by Gasteiger charge is 2.33. The van der Waals surface area contributed by atoms with Crippen LogP contribution in [0.4, 0.5) is 4.39 Å². The topological polar surface area (TPSA) is 66.9 Å². The van der Waals surface area contributed by atoms with Gasteiger partial charge >= 0.3 is 0 Å². The lowest BCUT2D eigenvalue weighted by atomic mass is 9.94. The highest BCUT2D eigenvalue weighted by Crippen LogP contribution is 2.36. The predicted octanol–water partition coefficient (Wildman–Crippen LogP) is 3.06. The van der Waals surface area contributed by atoms with Crippen molar-refractivity contribution < 1.29 is 9.13 Å². The zero-order chi connectivity index (χ0) is 18.8. The van der Waals surface area contributed by atoms with E-state index in [4.69, 9.17) is 4.74 Å². The van der Waals surface area contributed by atoms with Crippen molar-refractivity contribution in [1.29, 1.82) is 0 Å². The molecule has 0 saturated carbocycles. The van der Waals surface area contributed by atoms with Crippen LogP contribution in [0.1, 0.15) is 41.3 Å². The van der Waals surface area contributed by atoms with Gasteiger partial charge in [-0.15, -0.1) is 0 Å². The smallest absolute Gasteiger partial charge is 0.132 e.